The minimum Gasteiger partial charge on any atom is -0.544 e. The number of aromatic amines is 1. The number of thiazole rings is 1. The molecule has 0 spiro atoms. The summed E-state index contributed by atoms with van der Waals surface area (Å²) in [6.45, 7) is 4.88. The molecular weight excluding hydrogens is 406 g/mol. The second kappa shape index (κ2) is 7.34. The fourth-order valence-corrected chi connectivity index (χ4v) is 4.89. The van der Waals surface area contributed by atoms with Crippen LogP contribution in [-0.2, 0) is 0 Å². The van der Waals surface area contributed by atoms with Crippen LogP contribution >= 0.6 is 34.5 Å². The number of halogens is 2. The molecular formula is C16H15Cl2LiN4O3S. The normalized spacial score (nSPS) is 23.0. The van der Waals surface area contributed by atoms with Crippen molar-refractivity contribution in [3.63, 3.8) is 0 Å². The summed E-state index contributed by atoms with van der Waals surface area (Å²) < 4.78 is 0. The summed E-state index contributed by atoms with van der Waals surface area (Å²) in [7, 11) is 0. The van der Waals surface area contributed by atoms with E-state index in [0.717, 1.165) is 24.4 Å². The van der Waals surface area contributed by atoms with Gasteiger partial charge >= 0.3 is 18.9 Å². The van der Waals surface area contributed by atoms with Gasteiger partial charge in [0.25, 0.3) is 5.91 Å². The van der Waals surface area contributed by atoms with Crippen molar-refractivity contribution in [2.24, 2.45) is 11.8 Å². The van der Waals surface area contributed by atoms with Crippen molar-refractivity contribution >= 4 is 51.5 Å². The number of carbonyl (C=O) groups excluding carboxylic acids is 2. The molecule has 1 saturated carbocycles. The Hall–Kier alpha value is -1.17. The SMILES string of the molecule is Cc1nc(N2C[C@@H]3[C@H](C2)[C@@H]3NC(=O)c2[nH]c(C)c(Cl)c2Cl)sc1C(=O)[O-].[Li+]. The zero-order valence-electron chi connectivity index (χ0n) is 14.9. The quantitative estimate of drug-likeness (QED) is 0.594. The molecule has 2 aromatic heterocycles. The summed E-state index contributed by atoms with van der Waals surface area (Å²) >= 11 is 13.2. The van der Waals surface area contributed by atoms with Crippen LogP contribution < -0.4 is 34.2 Å². The van der Waals surface area contributed by atoms with Gasteiger partial charge in [-0.25, -0.2) is 4.98 Å². The second-order valence-corrected chi connectivity index (χ2v) is 8.42. The number of nitrogens with one attached hydrogen (secondary N) is 2. The first-order chi connectivity index (χ1) is 12.3. The van der Waals surface area contributed by atoms with E-state index in [4.69, 9.17) is 23.2 Å². The fourth-order valence-electron chi connectivity index (χ4n) is 3.56. The topological polar surface area (TPSA) is 101 Å². The Balaban J connectivity index is 0.00000210. The van der Waals surface area contributed by atoms with Crippen LogP contribution in [0.1, 0.15) is 31.5 Å². The van der Waals surface area contributed by atoms with E-state index in [0.29, 0.717) is 33.4 Å². The minimum atomic E-state index is -1.20. The molecule has 3 atom stereocenters. The van der Waals surface area contributed by atoms with Crippen molar-refractivity contribution in [2.45, 2.75) is 19.9 Å². The number of H-pyrrole nitrogens is 1. The number of anilines is 1. The van der Waals surface area contributed by atoms with E-state index >= 15 is 0 Å². The summed E-state index contributed by atoms with van der Waals surface area (Å²) in [6, 6.07) is 0.0823. The van der Waals surface area contributed by atoms with Gasteiger partial charge in [0.2, 0.25) is 0 Å². The van der Waals surface area contributed by atoms with Crippen LogP contribution in [-0.4, -0.2) is 41.0 Å². The number of carboxylic acid groups (broad SMARTS) is 1. The van der Waals surface area contributed by atoms with Gasteiger partial charge in [-0.2, -0.15) is 0 Å². The first kappa shape index (κ1) is 20.6. The standard InChI is InChI=1S/C16H16Cl2N4O3S.Li/c1-5-9(17)10(18)12(19-5)14(23)21-11-7-3-22(4-8(7)11)16-20-6(2)13(26-16)15(24)25;/h7-8,11,19H,3-4H2,1-2H3,(H,21,23)(H,24,25);/q;+1/p-1/t7-,8+,11-;. The molecule has 138 valence electrons. The van der Waals surface area contributed by atoms with Crippen molar-refractivity contribution < 1.29 is 33.6 Å². The van der Waals surface area contributed by atoms with E-state index in [2.05, 4.69) is 20.2 Å². The van der Waals surface area contributed by atoms with Crippen LogP contribution in [0.25, 0.3) is 0 Å². The molecule has 7 nitrogen and oxygen atoms in total. The number of carboxylic acids is 1. The maximum atomic E-state index is 12.4. The minimum absolute atomic E-state index is 0. The number of rotatable bonds is 4. The maximum Gasteiger partial charge on any atom is 1.00 e. The molecule has 1 saturated heterocycles. The molecule has 1 aliphatic heterocycles. The van der Waals surface area contributed by atoms with Crippen molar-refractivity contribution in [1.82, 2.24) is 15.3 Å². The zero-order chi connectivity index (χ0) is 18.7. The number of aromatic carboxylic acids is 1. The number of fused-ring (bicyclic) bond motifs is 1. The molecule has 0 unspecified atom stereocenters. The summed E-state index contributed by atoms with van der Waals surface area (Å²) in [5.41, 5.74) is 1.42. The van der Waals surface area contributed by atoms with Gasteiger partial charge in [-0.1, -0.05) is 34.5 Å². The van der Waals surface area contributed by atoms with Crippen LogP contribution in [0, 0.1) is 25.7 Å². The van der Waals surface area contributed by atoms with Crippen LogP contribution in [0.2, 0.25) is 10.0 Å². The Morgan fingerprint density at radius 2 is 1.89 bits per heavy atom. The van der Waals surface area contributed by atoms with Gasteiger partial charge in [0.15, 0.2) is 5.13 Å². The number of carbonyl (C=O) groups is 2. The number of nitrogens with zero attached hydrogens (tertiary/aromatic N) is 2. The zero-order valence-corrected chi connectivity index (χ0v) is 17.3. The average Bonchev–Trinajstić information content (AvgIpc) is 2.97. The summed E-state index contributed by atoms with van der Waals surface area (Å²) in [4.78, 5) is 32.9. The fraction of sp³-hybridized carbons (Fsp3) is 0.438. The van der Waals surface area contributed by atoms with Gasteiger partial charge in [0, 0.05) is 36.7 Å². The van der Waals surface area contributed by atoms with Crippen molar-refractivity contribution in [2.75, 3.05) is 18.0 Å². The Kier molecular flexibility index (Phi) is 5.59. The number of hydrogen-bond acceptors (Lipinski definition) is 6. The largest absolute Gasteiger partial charge is 1.00 e. The van der Waals surface area contributed by atoms with Crippen LogP contribution in [0.5, 0.6) is 0 Å². The van der Waals surface area contributed by atoms with Crippen molar-refractivity contribution in [1.29, 1.82) is 0 Å². The Bertz CT molecular complexity index is 919. The van der Waals surface area contributed by atoms with Gasteiger partial charge in [-0.15, -0.1) is 0 Å². The number of aryl methyl sites for hydroxylation is 2. The van der Waals surface area contributed by atoms with E-state index in [9.17, 15) is 14.7 Å². The van der Waals surface area contributed by atoms with E-state index in [-0.39, 0.29) is 46.4 Å². The Morgan fingerprint density at radius 1 is 1.26 bits per heavy atom. The first-order valence-electron chi connectivity index (χ1n) is 8.06. The molecule has 2 aromatic rings. The predicted molar refractivity (Wildman–Crippen MR) is 97.2 cm³/mol. The molecule has 11 heteroatoms. The average molecular weight is 421 g/mol. The van der Waals surface area contributed by atoms with Crippen LogP contribution in [0.3, 0.4) is 0 Å². The van der Waals surface area contributed by atoms with Gasteiger partial charge in [-0.3, -0.25) is 4.79 Å². The van der Waals surface area contributed by atoms with E-state index < -0.39 is 5.97 Å². The number of aromatic nitrogens is 2. The molecule has 1 aliphatic carbocycles. The molecule has 27 heavy (non-hydrogen) atoms. The van der Waals surface area contributed by atoms with Crippen LogP contribution in [0.4, 0.5) is 5.13 Å². The molecule has 2 aliphatic rings. The smallest absolute Gasteiger partial charge is 0.544 e. The van der Waals surface area contributed by atoms with Crippen molar-refractivity contribution in [3.8, 4) is 0 Å². The Morgan fingerprint density at radius 3 is 2.37 bits per heavy atom. The van der Waals surface area contributed by atoms with Gasteiger partial charge in [0.05, 0.1) is 26.6 Å². The first-order valence-corrected chi connectivity index (χ1v) is 9.63. The molecule has 1 amide bonds. The predicted octanol–water partition coefficient (Wildman–Crippen LogP) is -1.37. The van der Waals surface area contributed by atoms with E-state index in [1.54, 1.807) is 13.8 Å². The van der Waals surface area contributed by atoms with E-state index in [1.807, 2.05) is 0 Å². The van der Waals surface area contributed by atoms with E-state index in [1.165, 1.54) is 0 Å². The van der Waals surface area contributed by atoms with Gasteiger partial charge in [-0.05, 0) is 13.8 Å². The number of amides is 1. The second-order valence-electron chi connectivity index (χ2n) is 6.68. The molecule has 2 N–H and O–H groups in total. The molecule has 3 heterocycles. The number of hydrogen-bond donors (Lipinski definition) is 2. The molecule has 0 radical (unpaired) electrons. The molecule has 0 aromatic carbocycles. The molecule has 0 bridgehead atoms. The third-order valence-corrected chi connectivity index (χ3v) is 7.16. The van der Waals surface area contributed by atoms with Crippen molar-refractivity contribution in [3.05, 3.63) is 32.0 Å². The summed E-state index contributed by atoms with van der Waals surface area (Å²) in [5.74, 6) is -0.822. The van der Waals surface area contributed by atoms with Gasteiger partial charge in [0.1, 0.15) is 5.69 Å². The summed E-state index contributed by atoms with van der Waals surface area (Å²) in [5, 5.41) is 15.3. The molecule has 2 fully saturated rings. The monoisotopic (exact) mass is 420 g/mol. The maximum absolute atomic E-state index is 12.4. The van der Waals surface area contributed by atoms with Crippen LogP contribution in [0.15, 0.2) is 0 Å². The third-order valence-electron chi connectivity index (χ3n) is 5.01. The number of piperidine rings is 1. The molecule has 4 rings (SSSR count). The third kappa shape index (κ3) is 3.50. The van der Waals surface area contributed by atoms with Gasteiger partial charge < -0.3 is 25.1 Å². The summed E-state index contributed by atoms with van der Waals surface area (Å²) in [6.07, 6.45) is 0. The Labute approximate surface area is 181 Å².